The van der Waals surface area contributed by atoms with Crippen molar-refractivity contribution in [3.05, 3.63) is 40.1 Å². The van der Waals surface area contributed by atoms with E-state index in [-0.39, 0.29) is 12.0 Å². The standard InChI is InChI=1S/C16H21BrN2O/c1-16(2,3)12-7-5-11(6-8-12)15-18-14(17)13(9-10-20)19(15)4/h5-8,20H,9-10H2,1-4H3. The minimum atomic E-state index is 0.126. The molecule has 0 saturated carbocycles. The largest absolute Gasteiger partial charge is 0.396 e. The van der Waals surface area contributed by atoms with E-state index in [1.54, 1.807) is 0 Å². The number of imidazole rings is 1. The van der Waals surface area contributed by atoms with Gasteiger partial charge in [0, 0.05) is 25.6 Å². The van der Waals surface area contributed by atoms with Gasteiger partial charge in [0.1, 0.15) is 10.4 Å². The molecule has 2 rings (SSSR count). The number of nitrogens with zero attached hydrogens (tertiary/aromatic N) is 2. The molecule has 1 heterocycles. The van der Waals surface area contributed by atoms with E-state index in [0.29, 0.717) is 6.42 Å². The molecule has 0 atom stereocenters. The van der Waals surface area contributed by atoms with Gasteiger partial charge in [-0.1, -0.05) is 45.0 Å². The third-order valence-electron chi connectivity index (χ3n) is 3.52. The van der Waals surface area contributed by atoms with Gasteiger partial charge in [-0.15, -0.1) is 0 Å². The van der Waals surface area contributed by atoms with Gasteiger partial charge in [-0.05, 0) is 26.9 Å². The van der Waals surface area contributed by atoms with Gasteiger partial charge in [-0.2, -0.15) is 0 Å². The molecular weight excluding hydrogens is 316 g/mol. The third kappa shape index (κ3) is 2.96. The molecular formula is C16H21BrN2O. The number of aromatic nitrogens is 2. The summed E-state index contributed by atoms with van der Waals surface area (Å²) in [7, 11) is 1.98. The van der Waals surface area contributed by atoms with Gasteiger partial charge in [0.2, 0.25) is 0 Å². The normalized spacial score (nSPS) is 11.9. The van der Waals surface area contributed by atoms with E-state index in [4.69, 9.17) is 5.11 Å². The molecule has 0 spiro atoms. The van der Waals surface area contributed by atoms with Crippen LogP contribution in [0.1, 0.15) is 32.0 Å². The van der Waals surface area contributed by atoms with Crippen LogP contribution in [0.5, 0.6) is 0 Å². The van der Waals surface area contributed by atoms with E-state index in [1.807, 2.05) is 11.6 Å². The Morgan fingerprint density at radius 3 is 2.30 bits per heavy atom. The first-order valence-electron chi connectivity index (χ1n) is 6.77. The first-order valence-corrected chi connectivity index (χ1v) is 7.56. The number of aliphatic hydroxyl groups excluding tert-OH is 1. The van der Waals surface area contributed by atoms with Crippen LogP contribution < -0.4 is 0 Å². The summed E-state index contributed by atoms with van der Waals surface area (Å²) in [5.41, 5.74) is 3.57. The molecule has 0 fully saturated rings. The second-order valence-corrected chi connectivity index (χ2v) is 6.78. The average Bonchev–Trinajstić information content (AvgIpc) is 2.66. The van der Waals surface area contributed by atoms with Crippen LogP contribution in [0, 0.1) is 0 Å². The summed E-state index contributed by atoms with van der Waals surface area (Å²) >= 11 is 3.47. The molecule has 0 unspecified atom stereocenters. The minimum absolute atomic E-state index is 0.126. The Kier molecular flexibility index (Phi) is 4.35. The number of aliphatic hydroxyl groups is 1. The SMILES string of the molecule is Cn1c(-c2ccc(C(C)(C)C)cc2)nc(Br)c1CCO. The van der Waals surface area contributed by atoms with Gasteiger partial charge in [0.15, 0.2) is 0 Å². The molecule has 0 amide bonds. The van der Waals surface area contributed by atoms with Crippen LogP contribution in [-0.4, -0.2) is 21.3 Å². The molecule has 2 aromatic rings. The number of rotatable bonds is 3. The lowest BCUT2D eigenvalue weighted by molar-refractivity contribution is 0.296. The summed E-state index contributed by atoms with van der Waals surface area (Å²) in [5, 5.41) is 9.11. The number of hydrogen-bond donors (Lipinski definition) is 1. The van der Waals surface area contributed by atoms with Crippen LogP contribution in [0.4, 0.5) is 0 Å². The molecule has 1 aromatic heterocycles. The summed E-state index contributed by atoms with van der Waals surface area (Å²) in [6, 6.07) is 8.53. The maximum Gasteiger partial charge on any atom is 0.141 e. The van der Waals surface area contributed by atoms with Gasteiger partial charge < -0.3 is 9.67 Å². The van der Waals surface area contributed by atoms with Crippen molar-refractivity contribution in [2.75, 3.05) is 6.61 Å². The molecule has 0 aliphatic heterocycles. The summed E-state index contributed by atoms with van der Waals surface area (Å²) in [5.74, 6) is 0.917. The van der Waals surface area contributed by atoms with E-state index in [1.165, 1.54) is 5.56 Å². The molecule has 0 saturated heterocycles. The van der Waals surface area contributed by atoms with Crippen molar-refractivity contribution in [2.24, 2.45) is 7.05 Å². The molecule has 0 aliphatic carbocycles. The Balaban J connectivity index is 2.40. The molecule has 4 heteroatoms. The van der Waals surface area contributed by atoms with Crippen molar-refractivity contribution >= 4 is 15.9 Å². The van der Waals surface area contributed by atoms with E-state index in [2.05, 4.69) is 66.0 Å². The molecule has 0 radical (unpaired) electrons. The predicted octanol–water partition coefficient (Wildman–Crippen LogP) is 3.68. The van der Waals surface area contributed by atoms with E-state index >= 15 is 0 Å². The first-order chi connectivity index (χ1) is 9.34. The lowest BCUT2D eigenvalue weighted by atomic mass is 9.87. The van der Waals surface area contributed by atoms with Crippen LogP contribution in [0.3, 0.4) is 0 Å². The molecule has 3 nitrogen and oxygen atoms in total. The quantitative estimate of drug-likeness (QED) is 0.928. The molecule has 1 aromatic carbocycles. The van der Waals surface area contributed by atoms with Gasteiger partial charge in [-0.25, -0.2) is 4.98 Å². The van der Waals surface area contributed by atoms with Crippen LogP contribution in [-0.2, 0) is 18.9 Å². The van der Waals surface area contributed by atoms with Gasteiger partial charge >= 0.3 is 0 Å². The zero-order valence-electron chi connectivity index (χ0n) is 12.4. The van der Waals surface area contributed by atoms with E-state index in [0.717, 1.165) is 21.7 Å². The highest BCUT2D eigenvalue weighted by Crippen LogP contribution is 2.28. The number of benzene rings is 1. The molecule has 1 N–H and O–H groups in total. The Morgan fingerprint density at radius 2 is 1.80 bits per heavy atom. The van der Waals surface area contributed by atoms with Crippen LogP contribution in [0.15, 0.2) is 28.9 Å². The molecule has 0 bridgehead atoms. The highest BCUT2D eigenvalue weighted by molar-refractivity contribution is 9.10. The second kappa shape index (κ2) is 5.70. The van der Waals surface area contributed by atoms with Crippen LogP contribution in [0.25, 0.3) is 11.4 Å². The van der Waals surface area contributed by atoms with Crippen LogP contribution >= 0.6 is 15.9 Å². The average molecular weight is 337 g/mol. The lowest BCUT2D eigenvalue weighted by Gasteiger charge is -2.19. The second-order valence-electron chi connectivity index (χ2n) is 6.03. The minimum Gasteiger partial charge on any atom is -0.396 e. The van der Waals surface area contributed by atoms with Gasteiger partial charge in [-0.3, -0.25) is 0 Å². The van der Waals surface area contributed by atoms with Gasteiger partial charge in [0.25, 0.3) is 0 Å². The summed E-state index contributed by atoms with van der Waals surface area (Å²) in [4.78, 5) is 4.56. The van der Waals surface area contributed by atoms with Crippen molar-refractivity contribution in [2.45, 2.75) is 32.6 Å². The molecule has 0 aliphatic rings. The van der Waals surface area contributed by atoms with Crippen molar-refractivity contribution < 1.29 is 5.11 Å². The van der Waals surface area contributed by atoms with Crippen molar-refractivity contribution in [3.8, 4) is 11.4 Å². The Morgan fingerprint density at radius 1 is 1.20 bits per heavy atom. The zero-order chi connectivity index (χ0) is 14.9. The molecule has 108 valence electrons. The highest BCUT2D eigenvalue weighted by atomic mass is 79.9. The lowest BCUT2D eigenvalue weighted by Crippen LogP contribution is -2.10. The fraction of sp³-hybridized carbons (Fsp3) is 0.438. The van der Waals surface area contributed by atoms with E-state index < -0.39 is 0 Å². The van der Waals surface area contributed by atoms with Crippen LogP contribution in [0.2, 0.25) is 0 Å². The number of halogens is 1. The van der Waals surface area contributed by atoms with E-state index in [9.17, 15) is 0 Å². The Bertz CT molecular complexity index is 594. The Labute approximate surface area is 128 Å². The summed E-state index contributed by atoms with van der Waals surface area (Å²) in [6.07, 6.45) is 0.601. The predicted molar refractivity (Wildman–Crippen MR) is 85.8 cm³/mol. The maximum absolute atomic E-state index is 9.11. The first kappa shape index (κ1) is 15.3. The summed E-state index contributed by atoms with van der Waals surface area (Å²) in [6.45, 7) is 6.75. The maximum atomic E-state index is 9.11. The topological polar surface area (TPSA) is 38.0 Å². The van der Waals surface area contributed by atoms with Crippen molar-refractivity contribution in [3.63, 3.8) is 0 Å². The fourth-order valence-electron chi connectivity index (χ4n) is 2.25. The smallest absolute Gasteiger partial charge is 0.141 e. The highest BCUT2D eigenvalue weighted by Gasteiger charge is 2.16. The third-order valence-corrected chi connectivity index (χ3v) is 4.16. The number of hydrogen-bond acceptors (Lipinski definition) is 2. The zero-order valence-corrected chi connectivity index (χ0v) is 14.0. The Hall–Kier alpha value is -1.13. The van der Waals surface area contributed by atoms with Crippen molar-refractivity contribution in [1.29, 1.82) is 0 Å². The van der Waals surface area contributed by atoms with Gasteiger partial charge in [0.05, 0.1) is 5.69 Å². The monoisotopic (exact) mass is 336 g/mol. The fourth-order valence-corrected chi connectivity index (χ4v) is 2.89. The summed E-state index contributed by atoms with van der Waals surface area (Å²) < 4.78 is 2.84. The molecule has 20 heavy (non-hydrogen) atoms. The van der Waals surface area contributed by atoms with Crippen molar-refractivity contribution in [1.82, 2.24) is 9.55 Å².